The first-order valence-electron chi connectivity index (χ1n) is 20.5. The molecule has 0 saturated heterocycles. The van der Waals surface area contributed by atoms with Gasteiger partial charge in [-0.05, 0) is 51.1 Å². The van der Waals surface area contributed by atoms with E-state index in [1.54, 1.807) is 0 Å². The molecule has 0 radical (unpaired) electrons. The topological polar surface area (TPSA) is 51.8 Å². The van der Waals surface area contributed by atoms with Crippen molar-refractivity contribution in [2.75, 3.05) is 0 Å². The van der Waals surface area contributed by atoms with Gasteiger partial charge in [0.15, 0.2) is 17.5 Å². The van der Waals surface area contributed by atoms with Crippen LogP contribution >= 0.6 is 0 Å². The molecule has 4 nitrogen and oxygen atoms in total. The Morgan fingerprint density at radius 2 is 0.855 bits per heavy atom. The molecular formula is C51H33N3O. The predicted octanol–water partition coefficient (Wildman–Crippen LogP) is 13.4. The molecule has 2 heterocycles. The minimum Gasteiger partial charge on any atom is -0.455 e. The number of rotatable bonds is 7. The molecule has 0 aliphatic carbocycles. The van der Waals surface area contributed by atoms with Crippen molar-refractivity contribution >= 4 is 21.9 Å². The van der Waals surface area contributed by atoms with E-state index < -0.39 is 30.2 Å². The van der Waals surface area contributed by atoms with E-state index in [-0.39, 0.29) is 17.2 Å². The van der Waals surface area contributed by atoms with Gasteiger partial charge in [-0.15, -0.1) is 0 Å². The Morgan fingerprint density at radius 3 is 1.55 bits per heavy atom. The maximum Gasteiger partial charge on any atom is 0.164 e. The van der Waals surface area contributed by atoms with Crippen molar-refractivity contribution in [2.45, 2.75) is 0 Å². The van der Waals surface area contributed by atoms with Gasteiger partial charge in [-0.3, -0.25) is 0 Å². The SMILES string of the molecule is [2H]c1c([2H])c([2H])c(-c2nc(-c3ccc(-c4ccccc4)cc3)nc(-c3cccc4oc5c(-c6ccc(-c7cccc(-c8ccccc8)c7)cc6)cccc5c34)n2)c([2H])c1[2H]. The van der Waals surface area contributed by atoms with Gasteiger partial charge in [-0.1, -0.05) is 188 Å². The average Bonchev–Trinajstić information content (AvgIpc) is 3.70. The summed E-state index contributed by atoms with van der Waals surface area (Å²) in [7, 11) is 0. The predicted molar refractivity (Wildman–Crippen MR) is 225 cm³/mol. The van der Waals surface area contributed by atoms with E-state index >= 15 is 0 Å². The van der Waals surface area contributed by atoms with Crippen molar-refractivity contribution < 1.29 is 11.3 Å². The largest absolute Gasteiger partial charge is 0.455 e. The third kappa shape index (κ3) is 6.16. The molecule has 10 rings (SSSR count). The van der Waals surface area contributed by atoms with Crippen LogP contribution < -0.4 is 0 Å². The molecule has 4 heteroatoms. The molecule has 0 amide bonds. The standard InChI is InChI=1S/C51H33N3O/c1-4-13-34(14-5-1)36-27-31-40(32-28-36)50-52-49(39-17-8-3-9-18-39)53-51(54-50)45-23-12-24-46-47(45)44-22-11-21-43(48(44)55-46)38-29-25-37(26-30-38)42-20-10-19-41(33-42)35-15-6-2-7-16-35/h1-33H/i3D,8D,9D,17D,18D. The number of hydrogen-bond donors (Lipinski definition) is 0. The van der Waals surface area contributed by atoms with Gasteiger partial charge in [0.1, 0.15) is 11.2 Å². The number of fused-ring (bicyclic) bond motifs is 3. The average molecular weight is 709 g/mol. The summed E-state index contributed by atoms with van der Waals surface area (Å²) in [6, 6.07) is 54.8. The highest BCUT2D eigenvalue weighted by atomic mass is 16.3. The molecule has 0 fully saturated rings. The Kier molecular flexibility index (Phi) is 6.85. The van der Waals surface area contributed by atoms with Crippen LogP contribution in [0.3, 0.4) is 0 Å². The summed E-state index contributed by atoms with van der Waals surface area (Å²) in [4.78, 5) is 14.6. The zero-order valence-corrected chi connectivity index (χ0v) is 29.4. The molecule has 0 aliphatic rings. The molecular weight excluding hydrogens is 671 g/mol. The van der Waals surface area contributed by atoms with Crippen molar-refractivity contribution in [3.63, 3.8) is 0 Å². The van der Waals surface area contributed by atoms with Crippen molar-refractivity contribution in [1.82, 2.24) is 15.0 Å². The maximum atomic E-state index is 8.79. The van der Waals surface area contributed by atoms with E-state index in [4.69, 9.17) is 26.2 Å². The molecule has 0 unspecified atom stereocenters. The lowest BCUT2D eigenvalue weighted by atomic mass is 9.96. The smallest absolute Gasteiger partial charge is 0.164 e. The quantitative estimate of drug-likeness (QED) is 0.165. The van der Waals surface area contributed by atoms with Crippen LogP contribution in [0.1, 0.15) is 6.85 Å². The number of benzene rings is 8. The lowest BCUT2D eigenvalue weighted by molar-refractivity contribution is 0.670. The third-order valence-corrected chi connectivity index (χ3v) is 9.87. The Labute approximate surface area is 326 Å². The molecule has 0 N–H and O–H groups in total. The van der Waals surface area contributed by atoms with Crippen LogP contribution in [0.5, 0.6) is 0 Å². The monoisotopic (exact) mass is 708 g/mol. The summed E-state index contributed by atoms with van der Waals surface area (Å²) < 4.78 is 49.2. The first-order chi connectivity index (χ1) is 29.3. The Hall–Kier alpha value is -7.43. The van der Waals surface area contributed by atoms with E-state index in [0.717, 1.165) is 49.7 Å². The van der Waals surface area contributed by atoms with Crippen LogP contribution in [0.2, 0.25) is 0 Å². The molecule has 0 spiro atoms. The van der Waals surface area contributed by atoms with E-state index in [1.807, 2.05) is 109 Å². The van der Waals surface area contributed by atoms with Crippen LogP contribution in [-0.2, 0) is 0 Å². The number of furan rings is 1. The van der Waals surface area contributed by atoms with Gasteiger partial charge in [0.05, 0.1) is 6.85 Å². The summed E-state index contributed by atoms with van der Waals surface area (Å²) in [5, 5.41) is 1.64. The first kappa shape index (κ1) is 27.2. The number of nitrogens with zero attached hydrogens (tertiary/aromatic N) is 3. The van der Waals surface area contributed by atoms with E-state index in [2.05, 4.69) is 60.7 Å². The summed E-state index contributed by atoms with van der Waals surface area (Å²) in [6.45, 7) is 0. The van der Waals surface area contributed by atoms with E-state index in [9.17, 15) is 0 Å². The Bertz CT molecular complexity index is 3210. The summed E-state index contributed by atoms with van der Waals surface area (Å²) in [5.41, 5.74) is 11.1. The van der Waals surface area contributed by atoms with Crippen molar-refractivity contribution in [1.29, 1.82) is 0 Å². The summed E-state index contributed by atoms with van der Waals surface area (Å²) >= 11 is 0. The third-order valence-electron chi connectivity index (χ3n) is 9.87. The zero-order chi connectivity index (χ0) is 40.9. The Balaban J connectivity index is 1.10. The molecule has 0 saturated carbocycles. The fourth-order valence-electron chi connectivity index (χ4n) is 7.15. The molecule has 258 valence electrons. The number of aromatic nitrogens is 3. The minimum atomic E-state index is -0.489. The van der Waals surface area contributed by atoms with Crippen LogP contribution in [0.25, 0.3) is 101 Å². The van der Waals surface area contributed by atoms with E-state index in [0.29, 0.717) is 28.1 Å². The molecule has 0 atom stereocenters. The first-order valence-corrected chi connectivity index (χ1v) is 18.0. The minimum absolute atomic E-state index is 0.0287. The van der Waals surface area contributed by atoms with Crippen molar-refractivity contribution in [2.24, 2.45) is 0 Å². The van der Waals surface area contributed by atoms with Crippen molar-refractivity contribution in [3.8, 4) is 78.7 Å². The lowest BCUT2D eigenvalue weighted by Crippen LogP contribution is -2.00. The van der Waals surface area contributed by atoms with Gasteiger partial charge < -0.3 is 4.42 Å². The highest BCUT2D eigenvalue weighted by molar-refractivity contribution is 6.15. The second-order valence-electron chi connectivity index (χ2n) is 13.2. The zero-order valence-electron chi connectivity index (χ0n) is 34.4. The molecule has 55 heavy (non-hydrogen) atoms. The van der Waals surface area contributed by atoms with Crippen LogP contribution in [0.4, 0.5) is 0 Å². The summed E-state index contributed by atoms with van der Waals surface area (Å²) in [5.74, 6) is 0.537. The highest BCUT2D eigenvalue weighted by Crippen LogP contribution is 2.41. The van der Waals surface area contributed by atoms with Crippen molar-refractivity contribution in [3.05, 3.63) is 200 Å². The van der Waals surface area contributed by atoms with Crippen LogP contribution in [-0.4, -0.2) is 15.0 Å². The summed E-state index contributed by atoms with van der Waals surface area (Å²) in [6.07, 6.45) is 0. The fourth-order valence-corrected chi connectivity index (χ4v) is 7.15. The normalized spacial score (nSPS) is 12.5. The van der Waals surface area contributed by atoms with Gasteiger partial charge in [-0.25, -0.2) is 15.0 Å². The fraction of sp³-hybridized carbons (Fsp3) is 0. The number of hydrogen-bond acceptors (Lipinski definition) is 4. The highest BCUT2D eigenvalue weighted by Gasteiger charge is 2.19. The van der Waals surface area contributed by atoms with Crippen LogP contribution in [0, 0.1) is 0 Å². The maximum absolute atomic E-state index is 8.79. The van der Waals surface area contributed by atoms with Gasteiger partial charge in [0.2, 0.25) is 0 Å². The van der Waals surface area contributed by atoms with Crippen LogP contribution in [0.15, 0.2) is 204 Å². The molecule has 8 aromatic carbocycles. The molecule has 0 bridgehead atoms. The molecule has 10 aromatic rings. The van der Waals surface area contributed by atoms with Gasteiger partial charge in [0, 0.05) is 33.0 Å². The number of para-hydroxylation sites is 1. The van der Waals surface area contributed by atoms with Gasteiger partial charge in [0.25, 0.3) is 0 Å². The molecule has 2 aromatic heterocycles. The van der Waals surface area contributed by atoms with Gasteiger partial charge >= 0.3 is 0 Å². The second kappa shape index (κ2) is 13.8. The molecule has 0 aliphatic heterocycles. The Morgan fingerprint density at radius 1 is 0.364 bits per heavy atom. The second-order valence-corrected chi connectivity index (χ2v) is 13.2. The lowest BCUT2D eigenvalue weighted by Gasteiger charge is -2.10. The van der Waals surface area contributed by atoms with E-state index in [1.165, 1.54) is 5.56 Å². The van der Waals surface area contributed by atoms with Gasteiger partial charge in [-0.2, -0.15) is 0 Å².